The summed E-state index contributed by atoms with van der Waals surface area (Å²) in [5.74, 6) is 1.70. The Hall–Kier alpha value is -1.69. The number of nitrogens with zero attached hydrogens (tertiary/aromatic N) is 1. The first-order valence-electron chi connectivity index (χ1n) is 6.06. The lowest BCUT2D eigenvalue weighted by Gasteiger charge is -2.11. The van der Waals surface area contributed by atoms with E-state index >= 15 is 0 Å². The maximum Gasteiger partial charge on any atom is 0.189 e. The summed E-state index contributed by atoms with van der Waals surface area (Å²) in [5, 5.41) is 2.98. The van der Waals surface area contributed by atoms with E-state index in [0.717, 1.165) is 15.6 Å². The summed E-state index contributed by atoms with van der Waals surface area (Å²) in [5.41, 5.74) is 7.73. The van der Waals surface area contributed by atoms with E-state index in [2.05, 4.69) is 32.8 Å². The molecular formula is C14H20BrN3O2. The van der Waals surface area contributed by atoms with Crippen LogP contribution >= 0.6 is 15.9 Å². The highest BCUT2D eigenvalue weighted by molar-refractivity contribution is 9.10. The molecule has 0 aliphatic heterocycles. The van der Waals surface area contributed by atoms with Gasteiger partial charge in [0.15, 0.2) is 17.5 Å². The fourth-order valence-corrected chi connectivity index (χ4v) is 2.19. The van der Waals surface area contributed by atoms with Crippen LogP contribution in [0, 0.1) is 0 Å². The summed E-state index contributed by atoms with van der Waals surface area (Å²) in [6, 6.07) is 3.80. The number of nitrogens with two attached hydrogens (primary N) is 1. The number of rotatable bonds is 6. The van der Waals surface area contributed by atoms with E-state index in [1.807, 2.05) is 19.1 Å². The maximum absolute atomic E-state index is 5.76. The summed E-state index contributed by atoms with van der Waals surface area (Å²) in [6.07, 6.45) is 0. The highest BCUT2D eigenvalue weighted by atomic mass is 79.9. The molecular weight excluding hydrogens is 322 g/mol. The van der Waals surface area contributed by atoms with Crippen molar-refractivity contribution in [3.63, 3.8) is 0 Å². The fraction of sp³-hybridized carbons (Fsp3) is 0.357. The zero-order chi connectivity index (χ0) is 15.1. The van der Waals surface area contributed by atoms with Gasteiger partial charge in [0.05, 0.1) is 25.2 Å². The standard InChI is InChI=1S/C14H20BrN3O2/c1-9(2)7-17-14(16)18-8-10-5-11(15)13(20-4)12(6-10)19-3/h5-6H,1,7-8H2,2-4H3,(H3,16,17,18). The molecule has 3 N–H and O–H groups in total. The molecule has 0 atom stereocenters. The minimum atomic E-state index is 0.388. The van der Waals surface area contributed by atoms with Crippen LogP contribution in [0.1, 0.15) is 12.5 Å². The quantitative estimate of drug-likeness (QED) is 0.473. The molecule has 0 spiro atoms. The van der Waals surface area contributed by atoms with E-state index in [1.165, 1.54) is 0 Å². The van der Waals surface area contributed by atoms with Gasteiger partial charge in [0.2, 0.25) is 0 Å². The molecule has 0 unspecified atom stereocenters. The second-order valence-electron chi connectivity index (χ2n) is 4.33. The number of ether oxygens (including phenoxy) is 2. The van der Waals surface area contributed by atoms with Gasteiger partial charge in [0, 0.05) is 6.54 Å². The smallest absolute Gasteiger partial charge is 0.189 e. The van der Waals surface area contributed by atoms with Crippen molar-refractivity contribution in [2.24, 2.45) is 10.7 Å². The van der Waals surface area contributed by atoms with E-state index in [0.29, 0.717) is 30.5 Å². The van der Waals surface area contributed by atoms with E-state index < -0.39 is 0 Å². The van der Waals surface area contributed by atoms with Crippen LogP contribution in [0.3, 0.4) is 0 Å². The van der Waals surface area contributed by atoms with E-state index in [9.17, 15) is 0 Å². The molecule has 0 saturated heterocycles. The molecule has 0 bridgehead atoms. The van der Waals surface area contributed by atoms with Crippen molar-refractivity contribution in [3.8, 4) is 11.5 Å². The van der Waals surface area contributed by atoms with Crippen LogP contribution in [0.4, 0.5) is 0 Å². The number of hydrogen-bond acceptors (Lipinski definition) is 3. The Morgan fingerprint density at radius 2 is 2.10 bits per heavy atom. The van der Waals surface area contributed by atoms with Crippen LogP contribution in [0.15, 0.2) is 33.7 Å². The average Bonchev–Trinajstić information content (AvgIpc) is 2.42. The van der Waals surface area contributed by atoms with Gasteiger partial charge in [-0.15, -0.1) is 0 Å². The van der Waals surface area contributed by atoms with Crippen LogP contribution in [0.2, 0.25) is 0 Å². The molecule has 0 heterocycles. The number of aliphatic imine (C=N–C) groups is 1. The first-order chi connectivity index (χ1) is 9.47. The predicted molar refractivity (Wildman–Crippen MR) is 85.4 cm³/mol. The maximum atomic E-state index is 5.76. The lowest BCUT2D eigenvalue weighted by Crippen LogP contribution is -2.32. The average molecular weight is 342 g/mol. The Morgan fingerprint density at radius 1 is 1.40 bits per heavy atom. The number of nitrogens with one attached hydrogen (secondary N) is 1. The predicted octanol–water partition coefficient (Wildman–Crippen LogP) is 2.45. The molecule has 1 rings (SSSR count). The summed E-state index contributed by atoms with van der Waals surface area (Å²) in [6.45, 7) is 6.78. The highest BCUT2D eigenvalue weighted by Gasteiger charge is 2.10. The zero-order valence-electron chi connectivity index (χ0n) is 12.0. The Balaban J connectivity index is 2.80. The van der Waals surface area contributed by atoms with Crippen LogP contribution in [0.25, 0.3) is 0 Å². The minimum absolute atomic E-state index is 0.388. The molecule has 20 heavy (non-hydrogen) atoms. The van der Waals surface area contributed by atoms with E-state index in [1.54, 1.807) is 14.2 Å². The molecule has 6 heteroatoms. The van der Waals surface area contributed by atoms with Crippen LogP contribution in [-0.4, -0.2) is 26.7 Å². The van der Waals surface area contributed by atoms with Gasteiger partial charge < -0.3 is 20.5 Å². The normalized spacial score (nSPS) is 11.1. The van der Waals surface area contributed by atoms with E-state index in [4.69, 9.17) is 15.2 Å². The molecule has 5 nitrogen and oxygen atoms in total. The second kappa shape index (κ2) is 7.79. The summed E-state index contributed by atoms with van der Waals surface area (Å²) in [7, 11) is 3.19. The Labute approximate surface area is 128 Å². The summed E-state index contributed by atoms with van der Waals surface area (Å²) < 4.78 is 11.4. The molecule has 0 aromatic heterocycles. The molecule has 0 saturated carbocycles. The molecule has 1 aromatic rings. The third-order valence-electron chi connectivity index (χ3n) is 2.50. The van der Waals surface area contributed by atoms with Gasteiger partial charge in [-0.25, -0.2) is 4.99 Å². The number of halogens is 1. The van der Waals surface area contributed by atoms with Crippen molar-refractivity contribution in [3.05, 3.63) is 34.3 Å². The molecule has 0 amide bonds. The largest absolute Gasteiger partial charge is 0.493 e. The Morgan fingerprint density at radius 3 is 2.65 bits per heavy atom. The molecule has 0 aliphatic rings. The Kier molecular flexibility index (Phi) is 6.38. The Bertz CT molecular complexity index is 515. The van der Waals surface area contributed by atoms with Crippen molar-refractivity contribution in [2.75, 3.05) is 20.8 Å². The molecule has 1 aromatic carbocycles. The zero-order valence-corrected chi connectivity index (χ0v) is 13.6. The topological polar surface area (TPSA) is 68.9 Å². The van der Waals surface area contributed by atoms with Gasteiger partial charge in [0.1, 0.15) is 0 Å². The highest BCUT2D eigenvalue weighted by Crippen LogP contribution is 2.36. The molecule has 0 radical (unpaired) electrons. The fourth-order valence-electron chi connectivity index (χ4n) is 1.54. The SMILES string of the molecule is C=C(C)CNC(N)=NCc1cc(Br)c(OC)c(OC)c1. The van der Waals surface area contributed by atoms with Crippen molar-refractivity contribution < 1.29 is 9.47 Å². The summed E-state index contributed by atoms with van der Waals surface area (Å²) >= 11 is 3.44. The van der Waals surface area contributed by atoms with Crippen LogP contribution < -0.4 is 20.5 Å². The van der Waals surface area contributed by atoms with Gasteiger partial charge in [-0.3, -0.25) is 0 Å². The first kappa shape index (κ1) is 16.4. The van der Waals surface area contributed by atoms with Crippen molar-refractivity contribution in [2.45, 2.75) is 13.5 Å². The first-order valence-corrected chi connectivity index (χ1v) is 6.85. The lowest BCUT2D eigenvalue weighted by atomic mass is 10.2. The van der Waals surface area contributed by atoms with Crippen molar-refractivity contribution in [1.82, 2.24) is 5.32 Å². The van der Waals surface area contributed by atoms with Gasteiger partial charge in [0.25, 0.3) is 0 Å². The number of methoxy groups -OCH3 is 2. The molecule has 110 valence electrons. The molecule has 0 fully saturated rings. The van der Waals surface area contributed by atoms with Crippen molar-refractivity contribution in [1.29, 1.82) is 0 Å². The van der Waals surface area contributed by atoms with Crippen LogP contribution in [-0.2, 0) is 6.54 Å². The van der Waals surface area contributed by atoms with Gasteiger partial charge >= 0.3 is 0 Å². The monoisotopic (exact) mass is 341 g/mol. The summed E-state index contributed by atoms with van der Waals surface area (Å²) in [4.78, 5) is 4.26. The van der Waals surface area contributed by atoms with Gasteiger partial charge in [-0.05, 0) is 40.5 Å². The van der Waals surface area contributed by atoms with E-state index in [-0.39, 0.29) is 0 Å². The minimum Gasteiger partial charge on any atom is -0.493 e. The number of benzene rings is 1. The molecule has 0 aliphatic carbocycles. The van der Waals surface area contributed by atoms with Gasteiger partial charge in [-0.1, -0.05) is 12.2 Å². The van der Waals surface area contributed by atoms with Gasteiger partial charge in [-0.2, -0.15) is 0 Å². The number of guanidine groups is 1. The van der Waals surface area contributed by atoms with Crippen molar-refractivity contribution >= 4 is 21.9 Å². The second-order valence-corrected chi connectivity index (χ2v) is 5.18. The third-order valence-corrected chi connectivity index (χ3v) is 3.09. The van der Waals surface area contributed by atoms with Crippen LogP contribution in [0.5, 0.6) is 11.5 Å². The lowest BCUT2D eigenvalue weighted by molar-refractivity contribution is 0.352. The third kappa shape index (κ3) is 4.77. The number of hydrogen-bond donors (Lipinski definition) is 2.